The summed E-state index contributed by atoms with van der Waals surface area (Å²) in [5, 5.41) is 0. The lowest BCUT2D eigenvalue weighted by Gasteiger charge is -2.14. The third kappa shape index (κ3) is 5.78. The summed E-state index contributed by atoms with van der Waals surface area (Å²) in [5.41, 5.74) is 0.765. The first-order valence-electron chi connectivity index (χ1n) is 7.23. The van der Waals surface area contributed by atoms with E-state index in [0.717, 1.165) is 16.3 Å². The molecule has 0 aliphatic rings. The molecule has 1 rings (SSSR count). The highest BCUT2D eigenvalue weighted by molar-refractivity contribution is 7.89. The van der Waals surface area contributed by atoms with Crippen LogP contribution in [0.15, 0.2) is 35.2 Å². The Balaban J connectivity index is 2.69. The number of carbonyl (C=O) groups excluding carboxylic acids is 1. The van der Waals surface area contributed by atoms with Crippen LogP contribution in [0.5, 0.6) is 0 Å². The van der Waals surface area contributed by atoms with Crippen molar-refractivity contribution >= 4 is 22.0 Å². The van der Waals surface area contributed by atoms with Crippen LogP contribution in [-0.2, 0) is 19.6 Å². The molecule has 0 aliphatic carbocycles. The molecule has 0 bridgehead atoms. The number of amides is 1. The number of hydrogen-bond acceptors (Lipinski definition) is 4. The van der Waals surface area contributed by atoms with Crippen molar-refractivity contribution in [3.63, 3.8) is 0 Å². The monoisotopic (exact) mass is 340 g/mol. The van der Waals surface area contributed by atoms with E-state index in [1.807, 2.05) is 0 Å². The topological polar surface area (TPSA) is 66.9 Å². The van der Waals surface area contributed by atoms with Crippen molar-refractivity contribution in [3.05, 3.63) is 35.9 Å². The van der Waals surface area contributed by atoms with Gasteiger partial charge in [0.05, 0.1) is 4.90 Å². The average Bonchev–Trinajstić information content (AvgIpc) is 2.52. The van der Waals surface area contributed by atoms with Crippen molar-refractivity contribution in [1.82, 2.24) is 9.21 Å². The summed E-state index contributed by atoms with van der Waals surface area (Å²) in [4.78, 5) is 13.8. The van der Waals surface area contributed by atoms with E-state index in [0.29, 0.717) is 13.2 Å². The average molecular weight is 340 g/mol. The second-order valence-electron chi connectivity index (χ2n) is 5.30. The zero-order valence-corrected chi connectivity index (χ0v) is 14.8. The van der Waals surface area contributed by atoms with Crippen LogP contribution in [-0.4, -0.2) is 64.9 Å². The molecule has 0 atom stereocenters. The van der Waals surface area contributed by atoms with Crippen molar-refractivity contribution in [2.24, 2.45) is 0 Å². The number of carbonyl (C=O) groups is 1. The molecule has 0 N–H and O–H groups in total. The SMILES string of the molecule is COCCCN(C)C(=O)/C=C/c1ccc(S(=O)(=O)N(C)C)cc1. The Bertz CT molecular complexity index is 637. The molecule has 0 radical (unpaired) electrons. The molecule has 1 aromatic rings. The minimum absolute atomic E-state index is 0.105. The number of rotatable bonds is 8. The van der Waals surface area contributed by atoms with Crippen LogP contribution in [0.1, 0.15) is 12.0 Å². The molecule has 0 aromatic heterocycles. The number of benzene rings is 1. The standard InChI is InChI=1S/C16H24N2O4S/c1-17(2)23(20,21)15-9-6-14(7-10-15)8-11-16(19)18(3)12-5-13-22-4/h6-11H,5,12-13H2,1-4H3/b11-8+. The Hall–Kier alpha value is -1.70. The number of sulfonamides is 1. The molecule has 1 aromatic carbocycles. The minimum atomic E-state index is -3.43. The van der Waals surface area contributed by atoms with E-state index in [4.69, 9.17) is 4.74 Å². The van der Waals surface area contributed by atoms with E-state index in [-0.39, 0.29) is 10.8 Å². The predicted molar refractivity (Wildman–Crippen MR) is 90.5 cm³/mol. The van der Waals surface area contributed by atoms with Crippen LogP contribution < -0.4 is 0 Å². The highest BCUT2D eigenvalue weighted by atomic mass is 32.2. The largest absolute Gasteiger partial charge is 0.385 e. The van der Waals surface area contributed by atoms with Gasteiger partial charge in [-0.05, 0) is 30.2 Å². The number of nitrogens with zero attached hydrogens (tertiary/aromatic N) is 2. The quantitative estimate of drug-likeness (QED) is 0.531. The molecule has 0 heterocycles. The molecular formula is C16H24N2O4S. The predicted octanol–water partition coefficient (Wildman–Crippen LogP) is 1.45. The maximum absolute atomic E-state index is 12.0. The summed E-state index contributed by atoms with van der Waals surface area (Å²) in [6.45, 7) is 1.24. The van der Waals surface area contributed by atoms with Gasteiger partial charge in [0.25, 0.3) is 0 Å². The minimum Gasteiger partial charge on any atom is -0.385 e. The summed E-state index contributed by atoms with van der Waals surface area (Å²) in [6, 6.07) is 6.40. The summed E-state index contributed by atoms with van der Waals surface area (Å²) in [6.07, 6.45) is 3.92. The Kier molecular flexibility index (Phi) is 7.41. The molecule has 0 spiro atoms. The van der Waals surface area contributed by atoms with Gasteiger partial charge in [0.2, 0.25) is 15.9 Å². The highest BCUT2D eigenvalue weighted by Crippen LogP contribution is 2.14. The fourth-order valence-corrected chi connectivity index (χ4v) is 2.71. The van der Waals surface area contributed by atoms with E-state index >= 15 is 0 Å². The smallest absolute Gasteiger partial charge is 0.246 e. The molecule has 7 heteroatoms. The summed E-state index contributed by atoms with van der Waals surface area (Å²) in [7, 11) is 2.90. The molecule has 6 nitrogen and oxygen atoms in total. The van der Waals surface area contributed by atoms with Gasteiger partial charge in [-0.25, -0.2) is 12.7 Å². The number of ether oxygens (including phenoxy) is 1. The van der Waals surface area contributed by atoms with Crippen molar-refractivity contribution in [3.8, 4) is 0 Å². The number of likely N-dealkylation sites (N-methyl/N-ethyl adjacent to an activating group) is 1. The van der Waals surface area contributed by atoms with Crippen LogP contribution in [0, 0.1) is 0 Å². The van der Waals surface area contributed by atoms with Gasteiger partial charge in [0, 0.05) is 47.5 Å². The van der Waals surface area contributed by atoms with Crippen LogP contribution in [0.3, 0.4) is 0 Å². The fraction of sp³-hybridized carbons (Fsp3) is 0.438. The normalized spacial score (nSPS) is 12.0. The molecule has 128 valence electrons. The Morgan fingerprint density at radius 1 is 1.17 bits per heavy atom. The summed E-state index contributed by atoms with van der Waals surface area (Å²) in [5.74, 6) is -0.105. The van der Waals surface area contributed by atoms with Crippen LogP contribution in [0.2, 0.25) is 0 Å². The molecule has 0 saturated carbocycles. The molecule has 1 amide bonds. The van der Waals surface area contributed by atoms with Crippen LogP contribution in [0.4, 0.5) is 0 Å². The first-order chi connectivity index (χ1) is 10.8. The van der Waals surface area contributed by atoms with E-state index in [1.54, 1.807) is 37.3 Å². The zero-order valence-electron chi connectivity index (χ0n) is 14.0. The van der Waals surface area contributed by atoms with Crippen molar-refractivity contribution in [1.29, 1.82) is 0 Å². The maximum Gasteiger partial charge on any atom is 0.246 e. The molecule has 0 fully saturated rings. The Morgan fingerprint density at radius 3 is 2.30 bits per heavy atom. The second-order valence-corrected chi connectivity index (χ2v) is 7.45. The zero-order chi connectivity index (χ0) is 17.5. The van der Waals surface area contributed by atoms with Gasteiger partial charge in [0.1, 0.15) is 0 Å². The molecule has 0 aliphatic heterocycles. The van der Waals surface area contributed by atoms with Gasteiger partial charge in [-0.3, -0.25) is 4.79 Å². The Morgan fingerprint density at radius 2 is 1.78 bits per heavy atom. The van der Waals surface area contributed by atoms with Gasteiger partial charge in [-0.2, -0.15) is 0 Å². The Labute approximate surface area is 138 Å². The fourth-order valence-electron chi connectivity index (χ4n) is 1.81. The van der Waals surface area contributed by atoms with E-state index < -0.39 is 10.0 Å². The van der Waals surface area contributed by atoms with E-state index in [9.17, 15) is 13.2 Å². The van der Waals surface area contributed by atoms with Crippen molar-refractivity contribution in [2.45, 2.75) is 11.3 Å². The van der Waals surface area contributed by atoms with Crippen molar-refractivity contribution < 1.29 is 17.9 Å². The van der Waals surface area contributed by atoms with Crippen LogP contribution >= 0.6 is 0 Å². The summed E-state index contributed by atoms with van der Waals surface area (Å²) >= 11 is 0. The van der Waals surface area contributed by atoms with E-state index in [2.05, 4.69) is 0 Å². The van der Waals surface area contributed by atoms with E-state index in [1.165, 1.54) is 32.3 Å². The molecular weight excluding hydrogens is 316 g/mol. The maximum atomic E-state index is 12.0. The third-order valence-electron chi connectivity index (χ3n) is 3.30. The van der Waals surface area contributed by atoms with Gasteiger partial charge in [-0.1, -0.05) is 12.1 Å². The lowest BCUT2D eigenvalue weighted by Crippen LogP contribution is -2.26. The molecule has 23 heavy (non-hydrogen) atoms. The lowest BCUT2D eigenvalue weighted by atomic mass is 10.2. The second kappa shape index (κ2) is 8.81. The lowest BCUT2D eigenvalue weighted by molar-refractivity contribution is -0.124. The van der Waals surface area contributed by atoms with Gasteiger partial charge >= 0.3 is 0 Å². The number of hydrogen-bond donors (Lipinski definition) is 0. The third-order valence-corrected chi connectivity index (χ3v) is 5.12. The summed E-state index contributed by atoms with van der Waals surface area (Å²) < 4.78 is 30.0. The first kappa shape index (κ1) is 19.3. The first-order valence-corrected chi connectivity index (χ1v) is 8.67. The molecule has 0 saturated heterocycles. The van der Waals surface area contributed by atoms with Crippen molar-refractivity contribution in [2.75, 3.05) is 41.4 Å². The van der Waals surface area contributed by atoms with Gasteiger partial charge in [-0.15, -0.1) is 0 Å². The highest BCUT2D eigenvalue weighted by Gasteiger charge is 2.16. The molecule has 0 unspecified atom stereocenters. The number of methoxy groups -OCH3 is 1. The van der Waals surface area contributed by atoms with Gasteiger partial charge < -0.3 is 9.64 Å². The van der Waals surface area contributed by atoms with Gasteiger partial charge in [0.15, 0.2) is 0 Å². The van der Waals surface area contributed by atoms with Crippen LogP contribution in [0.25, 0.3) is 6.08 Å².